The van der Waals surface area contributed by atoms with E-state index >= 15 is 0 Å². The molecule has 3 aromatic heterocycles. The molecule has 0 amide bonds. The molecule has 0 aliphatic heterocycles. The van der Waals surface area contributed by atoms with Gasteiger partial charge in [-0.3, -0.25) is 0 Å². The van der Waals surface area contributed by atoms with Gasteiger partial charge in [-0.15, -0.1) is 0 Å². The number of aromatic nitrogens is 3. The SMILES string of the molecule is C/C=C\C=C/c1cc(-c2ccc(-c3ccc4nc(-c5ccccc5)cn4c3)cc2)cc2c(-c3ccc4ccccc4c3)nc3ccccc3c12. The summed E-state index contributed by atoms with van der Waals surface area (Å²) in [4.78, 5) is 10.1. The Balaban J connectivity index is 1.18. The fraction of sp³-hybridized carbons (Fsp3) is 0.0213. The highest BCUT2D eigenvalue weighted by atomic mass is 15.0. The van der Waals surface area contributed by atoms with Gasteiger partial charge in [-0.25, -0.2) is 9.97 Å². The first kappa shape index (κ1) is 29.6. The van der Waals surface area contributed by atoms with E-state index in [2.05, 4.69) is 168 Å². The molecule has 3 heteroatoms. The lowest BCUT2D eigenvalue weighted by atomic mass is 9.91. The number of fused-ring (bicyclic) bond motifs is 5. The Morgan fingerprint density at radius 2 is 1.22 bits per heavy atom. The average molecular weight is 640 g/mol. The first-order chi connectivity index (χ1) is 24.7. The van der Waals surface area contributed by atoms with Crippen LogP contribution in [0.1, 0.15) is 12.5 Å². The zero-order chi connectivity index (χ0) is 33.4. The monoisotopic (exact) mass is 639 g/mol. The van der Waals surface area contributed by atoms with Crippen molar-refractivity contribution in [1.82, 2.24) is 14.4 Å². The quantitative estimate of drug-likeness (QED) is 0.134. The smallest absolute Gasteiger partial charge is 0.137 e. The lowest BCUT2D eigenvalue weighted by Crippen LogP contribution is -1.93. The van der Waals surface area contributed by atoms with E-state index in [0.29, 0.717) is 0 Å². The van der Waals surface area contributed by atoms with Crippen molar-refractivity contribution in [2.45, 2.75) is 6.92 Å². The predicted octanol–water partition coefficient (Wildman–Crippen LogP) is 12.4. The molecule has 0 radical (unpaired) electrons. The van der Waals surface area contributed by atoms with E-state index in [1.54, 1.807) is 0 Å². The van der Waals surface area contributed by atoms with Crippen LogP contribution in [0.3, 0.4) is 0 Å². The van der Waals surface area contributed by atoms with Crippen LogP contribution < -0.4 is 0 Å². The molecule has 0 saturated carbocycles. The highest BCUT2D eigenvalue weighted by Gasteiger charge is 2.16. The van der Waals surface area contributed by atoms with E-state index in [1.807, 2.05) is 25.1 Å². The molecule has 0 unspecified atom stereocenters. The molecule has 3 nitrogen and oxygen atoms in total. The van der Waals surface area contributed by atoms with E-state index < -0.39 is 0 Å². The van der Waals surface area contributed by atoms with Gasteiger partial charge >= 0.3 is 0 Å². The number of nitrogens with zero attached hydrogens (tertiary/aromatic N) is 3. The topological polar surface area (TPSA) is 30.2 Å². The second-order valence-electron chi connectivity index (χ2n) is 12.7. The van der Waals surface area contributed by atoms with Gasteiger partial charge in [0.25, 0.3) is 0 Å². The van der Waals surface area contributed by atoms with Crippen LogP contribution >= 0.6 is 0 Å². The van der Waals surface area contributed by atoms with Crippen molar-refractivity contribution in [1.29, 1.82) is 0 Å². The van der Waals surface area contributed by atoms with Crippen LogP contribution in [0.4, 0.5) is 0 Å². The fourth-order valence-corrected chi connectivity index (χ4v) is 7.01. The molecule has 9 rings (SSSR count). The second-order valence-corrected chi connectivity index (χ2v) is 12.7. The van der Waals surface area contributed by atoms with Gasteiger partial charge in [0, 0.05) is 39.7 Å². The Hall–Kier alpha value is -6.58. The van der Waals surface area contributed by atoms with E-state index in [1.165, 1.54) is 21.7 Å². The number of allylic oxidation sites excluding steroid dienone is 3. The maximum Gasteiger partial charge on any atom is 0.137 e. The van der Waals surface area contributed by atoms with E-state index in [-0.39, 0.29) is 0 Å². The summed E-state index contributed by atoms with van der Waals surface area (Å²) in [6.45, 7) is 2.05. The van der Waals surface area contributed by atoms with E-state index in [9.17, 15) is 0 Å². The normalized spacial score (nSPS) is 11.9. The molecular formula is C47H33N3. The molecule has 0 aliphatic rings. The van der Waals surface area contributed by atoms with Crippen LogP contribution in [0.5, 0.6) is 0 Å². The standard InChI is InChI=1S/C47H33N3/c1-2-3-5-16-37-28-40(34-21-19-33(20-22-34)39-25-26-45-48-44(31-50(45)30-39)35-13-6-4-7-14-35)29-42-46(37)41-17-10-11-18-43(41)49-47(42)38-24-23-32-12-8-9-15-36(32)27-38/h2-31H,1H3/b3-2-,16-5-. The molecule has 9 aromatic rings. The second kappa shape index (κ2) is 12.5. The van der Waals surface area contributed by atoms with Crippen molar-refractivity contribution < 1.29 is 0 Å². The zero-order valence-electron chi connectivity index (χ0n) is 27.7. The van der Waals surface area contributed by atoms with Gasteiger partial charge in [0.05, 0.1) is 16.9 Å². The summed E-state index contributed by atoms with van der Waals surface area (Å²) in [6, 6.07) is 51.8. The van der Waals surface area contributed by atoms with Crippen molar-refractivity contribution in [3.05, 3.63) is 182 Å². The first-order valence-corrected chi connectivity index (χ1v) is 17.0. The third-order valence-corrected chi connectivity index (χ3v) is 9.50. The summed E-state index contributed by atoms with van der Waals surface area (Å²) >= 11 is 0. The minimum Gasteiger partial charge on any atom is -0.306 e. The van der Waals surface area contributed by atoms with Crippen molar-refractivity contribution in [3.63, 3.8) is 0 Å². The number of imidazole rings is 1. The van der Waals surface area contributed by atoms with Gasteiger partial charge in [-0.05, 0) is 81.9 Å². The summed E-state index contributed by atoms with van der Waals surface area (Å²) in [7, 11) is 0. The third kappa shape index (κ3) is 5.35. The number of hydrogen-bond donors (Lipinski definition) is 0. The summed E-state index contributed by atoms with van der Waals surface area (Å²) in [5.74, 6) is 0. The zero-order valence-corrected chi connectivity index (χ0v) is 27.7. The van der Waals surface area contributed by atoms with E-state index in [0.717, 1.165) is 66.7 Å². The van der Waals surface area contributed by atoms with Crippen LogP contribution in [0.2, 0.25) is 0 Å². The summed E-state index contributed by atoms with van der Waals surface area (Å²) < 4.78 is 2.11. The van der Waals surface area contributed by atoms with Crippen LogP contribution in [0, 0.1) is 0 Å². The molecule has 0 bridgehead atoms. The molecule has 0 spiro atoms. The molecule has 236 valence electrons. The third-order valence-electron chi connectivity index (χ3n) is 9.50. The summed E-state index contributed by atoms with van der Waals surface area (Å²) in [5, 5.41) is 5.93. The molecule has 0 N–H and O–H groups in total. The van der Waals surface area contributed by atoms with E-state index in [4.69, 9.17) is 9.97 Å². The van der Waals surface area contributed by atoms with Crippen molar-refractivity contribution in [3.8, 4) is 44.8 Å². The van der Waals surface area contributed by atoms with Crippen LogP contribution in [0.15, 0.2) is 176 Å². The molecule has 0 saturated heterocycles. The highest BCUT2D eigenvalue weighted by Crippen LogP contribution is 2.39. The summed E-state index contributed by atoms with van der Waals surface area (Å²) in [5.41, 5.74) is 11.9. The molecular weight excluding hydrogens is 607 g/mol. The van der Waals surface area contributed by atoms with Gasteiger partial charge in [0.15, 0.2) is 0 Å². The van der Waals surface area contributed by atoms with Crippen molar-refractivity contribution >= 4 is 44.2 Å². The Kier molecular flexibility index (Phi) is 7.37. The Morgan fingerprint density at radius 1 is 0.500 bits per heavy atom. The van der Waals surface area contributed by atoms with Crippen LogP contribution in [-0.4, -0.2) is 14.4 Å². The fourth-order valence-electron chi connectivity index (χ4n) is 7.01. The highest BCUT2D eigenvalue weighted by molar-refractivity contribution is 6.15. The number of para-hydroxylation sites is 1. The molecule has 3 heterocycles. The summed E-state index contributed by atoms with van der Waals surface area (Å²) in [6.07, 6.45) is 12.8. The van der Waals surface area contributed by atoms with Crippen molar-refractivity contribution in [2.24, 2.45) is 0 Å². The molecule has 0 aliphatic carbocycles. The van der Waals surface area contributed by atoms with Gasteiger partial charge < -0.3 is 4.40 Å². The number of rotatable bonds is 6. The average Bonchev–Trinajstić information content (AvgIpc) is 3.61. The Bertz CT molecular complexity index is 2750. The largest absolute Gasteiger partial charge is 0.306 e. The Morgan fingerprint density at radius 3 is 2.06 bits per heavy atom. The van der Waals surface area contributed by atoms with Gasteiger partial charge in [-0.1, -0.05) is 133 Å². The number of hydrogen-bond acceptors (Lipinski definition) is 2. The van der Waals surface area contributed by atoms with Gasteiger partial charge in [-0.2, -0.15) is 0 Å². The minimum absolute atomic E-state index is 0.933. The molecule has 6 aromatic carbocycles. The van der Waals surface area contributed by atoms with Crippen LogP contribution in [0.25, 0.3) is 88.9 Å². The number of benzene rings is 6. The maximum atomic E-state index is 5.31. The van der Waals surface area contributed by atoms with Gasteiger partial charge in [0.1, 0.15) is 5.65 Å². The Labute approximate surface area is 291 Å². The lowest BCUT2D eigenvalue weighted by molar-refractivity contribution is 1.19. The minimum atomic E-state index is 0.933. The number of pyridine rings is 2. The molecule has 0 fully saturated rings. The predicted molar refractivity (Wildman–Crippen MR) is 211 cm³/mol. The maximum absolute atomic E-state index is 5.31. The van der Waals surface area contributed by atoms with Gasteiger partial charge in [0.2, 0.25) is 0 Å². The van der Waals surface area contributed by atoms with Crippen molar-refractivity contribution in [2.75, 3.05) is 0 Å². The first-order valence-electron chi connectivity index (χ1n) is 17.0. The molecule has 50 heavy (non-hydrogen) atoms. The molecule has 0 atom stereocenters. The van der Waals surface area contributed by atoms with Crippen LogP contribution in [-0.2, 0) is 0 Å². The lowest BCUT2D eigenvalue weighted by Gasteiger charge is -2.15.